The molecule has 0 heterocycles. The molecule has 2 N–H and O–H groups in total. The molecule has 24 heavy (non-hydrogen) atoms. The molecule has 0 aliphatic rings. The lowest BCUT2D eigenvalue weighted by molar-refractivity contribution is 0.0696. The van der Waals surface area contributed by atoms with Crippen LogP contribution in [0.25, 0.3) is 0 Å². The van der Waals surface area contributed by atoms with Gasteiger partial charge in [-0.15, -0.1) is 0 Å². The van der Waals surface area contributed by atoms with Crippen molar-refractivity contribution in [2.24, 2.45) is 0 Å². The fraction of sp³-hybridized carbons (Fsp3) is 0.133. The van der Waals surface area contributed by atoms with E-state index in [4.69, 9.17) is 26.2 Å². The average Bonchev–Trinajstić information content (AvgIpc) is 2.54. The van der Waals surface area contributed by atoms with Crippen LogP contribution in [0.4, 0.5) is 5.69 Å². The van der Waals surface area contributed by atoms with Crippen molar-refractivity contribution >= 4 is 33.3 Å². The second-order valence-corrected chi connectivity index (χ2v) is 6.65. The summed E-state index contributed by atoms with van der Waals surface area (Å²) in [4.78, 5) is 10.8. The van der Waals surface area contributed by atoms with Crippen LogP contribution in [-0.2, 0) is 10.0 Å². The van der Waals surface area contributed by atoms with E-state index >= 15 is 0 Å². The summed E-state index contributed by atoms with van der Waals surface area (Å²) in [5.74, 6) is -1.10. The third kappa shape index (κ3) is 3.55. The maximum atomic E-state index is 12.7. The summed E-state index contributed by atoms with van der Waals surface area (Å²) in [6.07, 6.45) is 0. The van der Waals surface area contributed by atoms with Crippen LogP contribution in [0.15, 0.2) is 41.3 Å². The number of nitrogens with one attached hydrogen (secondary N) is 1. The number of sulfonamides is 1. The summed E-state index contributed by atoms with van der Waals surface area (Å²) in [6, 6.07) is 8.10. The smallest absolute Gasteiger partial charge is 0.335 e. The first-order valence-electron chi connectivity index (χ1n) is 6.57. The summed E-state index contributed by atoms with van der Waals surface area (Å²) in [6.45, 7) is 0. The van der Waals surface area contributed by atoms with Crippen molar-refractivity contribution in [2.75, 3.05) is 18.9 Å². The number of carbonyl (C=O) groups is 1. The summed E-state index contributed by atoms with van der Waals surface area (Å²) in [5, 5.41) is 9.28. The predicted molar refractivity (Wildman–Crippen MR) is 88.8 cm³/mol. The van der Waals surface area contributed by atoms with E-state index in [1.54, 1.807) is 12.1 Å². The number of carboxylic acids is 1. The second-order valence-electron chi connectivity index (χ2n) is 4.60. The first-order valence-corrected chi connectivity index (χ1v) is 8.43. The first kappa shape index (κ1) is 17.9. The van der Waals surface area contributed by atoms with Crippen molar-refractivity contribution in [3.8, 4) is 11.5 Å². The fourth-order valence-electron chi connectivity index (χ4n) is 2.02. The van der Waals surface area contributed by atoms with E-state index < -0.39 is 16.0 Å². The van der Waals surface area contributed by atoms with Crippen molar-refractivity contribution in [1.82, 2.24) is 0 Å². The number of rotatable bonds is 6. The number of anilines is 1. The SMILES string of the molecule is COc1ccc(C(=O)O)cc1S(=O)(=O)Nc1cccc(Cl)c1OC. The fourth-order valence-corrected chi connectivity index (χ4v) is 3.53. The van der Waals surface area contributed by atoms with Crippen molar-refractivity contribution in [3.63, 3.8) is 0 Å². The topological polar surface area (TPSA) is 102 Å². The molecular weight excluding hydrogens is 358 g/mol. The van der Waals surface area contributed by atoms with E-state index in [1.165, 1.54) is 32.4 Å². The van der Waals surface area contributed by atoms with Gasteiger partial charge in [0.25, 0.3) is 10.0 Å². The van der Waals surface area contributed by atoms with Gasteiger partial charge < -0.3 is 14.6 Å². The Bertz CT molecular complexity index is 882. The van der Waals surface area contributed by atoms with Gasteiger partial charge in [-0.1, -0.05) is 17.7 Å². The highest BCUT2D eigenvalue weighted by atomic mass is 35.5. The molecule has 0 aliphatic carbocycles. The van der Waals surface area contributed by atoms with Crippen LogP contribution in [-0.4, -0.2) is 33.7 Å². The minimum atomic E-state index is -4.14. The van der Waals surface area contributed by atoms with Gasteiger partial charge in [-0.2, -0.15) is 0 Å². The van der Waals surface area contributed by atoms with Crippen molar-refractivity contribution in [1.29, 1.82) is 0 Å². The molecule has 128 valence electrons. The van der Waals surface area contributed by atoms with Crippen molar-refractivity contribution in [2.45, 2.75) is 4.90 Å². The molecule has 0 radical (unpaired) electrons. The summed E-state index contributed by atoms with van der Waals surface area (Å²) >= 11 is 5.97. The van der Waals surface area contributed by atoms with Gasteiger partial charge in [0.05, 0.1) is 30.5 Å². The highest BCUT2D eigenvalue weighted by Gasteiger charge is 2.23. The molecule has 2 rings (SSSR count). The number of hydrogen-bond acceptors (Lipinski definition) is 5. The molecule has 2 aromatic carbocycles. The number of benzene rings is 2. The molecule has 0 aliphatic heterocycles. The number of hydrogen-bond donors (Lipinski definition) is 2. The van der Waals surface area contributed by atoms with Crippen LogP contribution in [0.5, 0.6) is 11.5 Å². The Kier molecular flexibility index (Phi) is 5.20. The zero-order valence-electron chi connectivity index (χ0n) is 12.7. The third-order valence-corrected chi connectivity index (χ3v) is 4.80. The average molecular weight is 372 g/mol. The Morgan fingerprint density at radius 1 is 1.17 bits per heavy atom. The Morgan fingerprint density at radius 3 is 2.46 bits per heavy atom. The molecule has 0 saturated heterocycles. The monoisotopic (exact) mass is 371 g/mol. The molecular formula is C15H14ClNO6S. The maximum Gasteiger partial charge on any atom is 0.335 e. The lowest BCUT2D eigenvalue weighted by atomic mass is 10.2. The van der Waals surface area contributed by atoms with E-state index in [0.29, 0.717) is 0 Å². The molecule has 0 spiro atoms. The summed E-state index contributed by atoms with van der Waals surface area (Å²) in [7, 11) is -1.50. The highest BCUT2D eigenvalue weighted by molar-refractivity contribution is 7.92. The van der Waals surface area contributed by atoms with E-state index in [-0.39, 0.29) is 32.7 Å². The number of aromatic carboxylic acids is 1. The molecule has 0 bridgehead atoms. The van der Waals surface area contributed by atoms with Gasteiger partial charge in [0.1, 0.15) is 10.6 Å². The Morgan fingerprint density at radius 2 is 1.88 bits per heavy atom. The number of ether oxygens (including phenoxy) is 2. The molecule has 9 heteroatoms. The molecule has 0 saturated carbocycles. The zero-order chi connectivity index (χ0) is 17.9. The Labute approximate surface area is 143 Å². The molecule has 0 unspecified atom stereocenters. The first-order chi connectivity index (χ1) is 11.3. The lowest BCUT2D eigenvalue weighted by Gasteiger charge is -2.15. The van der Waals surface area contributed by atoms with E-state index in [0.717, 1.165) is 6.07 Å². The molecule has 0 fully saturated rings. The van der Waals surface area contributed by atoms with Crippen molar-refractivity contribution in [3.05, 3.63) is 47.0 Å². The van der Waals surface area contributed by atoms with Gasteiger partial charge in [-0.25, -0.2) is 13.2 Å². The van der Waals surface area contributed by atoms with Gasteiger partial charge in [0.2, 0.25) is 0 Å². The summed E-state index contributed by atoms with van der Waals surface area (Å²) < 4.78 is 37.7. The molecule has 7 nitrogen and oxygen atoms in total. The van der Waals surface area contributed by atoms with Gasteiger partial charge >= 0.3 is 5.97 Å². The predicted octanol–water partition coefficient (Wildman–Crippen LogP) is 2.86. The van der Waals surface area contributed by atoms with Gasteiger partial charge in [0.15, 0.2) is 5.75 Å². The van der Waals surface area contributed by atoms with Crippen LogP contribution in [0.1, 0.15) is 10.4 Å². The van der Waals surface area contributed by atoms with E-state index in [9.17, 15) is 13.2 Å². The normalized spacial score (nSPS) is 11.0. The van der Waals surface area contributed by atoms with Crippen LogP contribution in [0.2, 0.25) is 5.02 Å². The molecule has 2 aromatic rings. The second kappa shape index (κ2) is 6.98. The van der Waals surface area contributed by atoms with E-state index in [1.807, 2.05) is 0 Å². The number of para-hydroxylation sites is 1. The molecule has 0 aromatic heterocycles. The third-order valence-electron chi connectivity index (χ3n) is 3.12. The Balaban J connectivity index is 2.54. The minimum absolute atomic E-state index is 0.00787. The van der Waals surface area contributed by atoms with Gasteiger partial charge in [-0.05, 0) is 30.3 Å². The highest BCUT2D eigenvalue weighted by Crippen LogP contribution is 2.35. The lowest BCUT2D eigenvalue weighted by Crippen LogP contribution is -2.15. The minimum Gasteiger partial charge on any atom is -0.495 e. The van der Waals surface area contributed by atoms with Crippen LogP contribution in [0, 0.1) is 0 Å². The largest absolute Gasteiger partial charge is 0.495 e. The standard InChI is InChI=1S/C15H14ClNO6S/c1-22-12-7-6-9(15(18)19)8-13(12)24(20,21)17-11-5-3-4-10(16)14(11)23-2/h3-8,17H,1-2H3,(H,18,19). The zero-order valence-corrected chi connectivity index (χ0v) is 14.3. The molecule has 0 amide bonds. The van der Waals surface area contributed by atoms with Crippen LogP contribution in [0.3, 0.4) is 0 Å². The van der Waals surface area contributed by atoms with Gasteiger partial charge in [0, 0.05) is 0 Å². The van der Waals surface area contributed by atoms with Gasteiger partial charge in [-0.3, -0.25) is 4.72 Å². The number of methoxy groups -OCH3 is 2. The van der Waals surface area contributed by atoms with E-state index in [2.05, 4.69) is 4.72 Å². The number of carboxylic acid groups (broad SMARTS) is 1. The number of halogens is 1. The quantitative estimate of drug-likeness (QED) is 0.809. The van der Waals surface area contributed by atoms with Crippen molar-refractivity contribution < 1.29 is 27.8 Å². The van der Waals surface area contributed by atoms with Crippen LogP contribution < -0.4 is 14.2 Å². The molecule has 0 atom stereocenters. The maximum absolute atomic E-state index is 12.7. The summed E-state index contributed by atoms with van der Waals surface area (Å²) in [5.41, 5.74) is -0.0676. The Hall–Kier alpha value is -2.45. The van der Waals surface area contributed by atoms with Crippen LogP contribution >= 0.6 is 11.6 Å².